The molecule has 114 valence electrons. The Labute approximate surface area is 119 Å². The number of esters is 1. The molecule has 1 rings (SSSR count). The van der Waals surface area contributed by atoms with Crippen LogP contribution >= 0.6 is 0 Å². The molecule has 0 atom stereocenters. The van der Waals surface area contributed by atoms with Crippen molar-refractivity contribution in [2.45, 2.75) is 58.5 Å². The Morgan fingerprint density at radius 3 is 2.30 bits per heavy atom. The van der Waals surface area contributed by atoms with Gasteiger partial charge < -0.3 is 14.0 Å². The molecule has 6 nitrogen and oxygen atoms in total. The summed E-state index contributed by atoms with van der Waals surface area (Å²) in [5.74, 6) is 0.331. The first-order valence-corrected chi connectivity index (χ1v) is 6.95. The van der Waals surface area contributed by atoms with E-state index in [1.807, 2.05) is 13.8 Å². The van der Waals surface area contributed by atoms with Crippen LogP contribution in [-0.4, -0.2) is 29.8 Å². The zero-order valence-corrected chi connectivity index (χ0v) is 13.1. The molecule has 0 N–H and O–H groups in total. The molecule has 1 aromatic heterocycles. The molecule has 0 amide bonds. The van der Waals surface area contributed by atoms with Crippen LogP contribution in [0.2, 0.25) is 0 Å². The molecule has 0 aliphatic heterocycles. The number of hydrogen-bond acceptors (Lipinski definition) is 6. The maximum absolute atomic E-state index is 12.0. The van der Waals surface area contributed by atoms with Crippen molar-refractivity contribution in [2.24, 2.45) is 0 Å². The number of methoxy groups -OCH3 is 1. The van der Waals surface area contributed by atoms with Gasteiger partial charge in [0.1, 0.15) is 11.0 Å². The van der Waals surface area contributed by atoms with Crippen LogP contribution in [0.15, 0.2) is 4.52 Å². The SMILES string of the molecule is CCOC(=O)C(C)(C)c1nc(C(CC)(CC)OC)no1. The monoisotopic (exact) mass is 284 g/mol. The van der Waals surface area contributed by atoms with E-state index in [-0.39, 0.29) is 11.9 Å². The van der Waals surface area contributed by atoms with E-state index in [0.29, 0.717) is 12.4 Å². The molecule has 0 aliphatic carbocycles. The van der Waals surface area contributed by atoms with Crippen molar-refractivity contribution in [3.63, 3.8) is 0 Å². The van der Waals surface area contributed by atoms with Gasteiger partial charge in [0.2, 0.25) is 11.7 Å². The van der Waals surface area contributed by atoms with E-state index in [4.69, 9.17) is 14.0 Å². The van der Waals surface area contributed by atoms with Crippen molar-refractivity contribution in [3.8, 4) is 0 Å². The Hall–Kier alpha value is -1.43. The lowest BCUT2D eigenvalue weighted by molar-refractivity contribution is -0.149. The third-order valence-corrected chi connectivity index (χ3v) is 3.69. The maximum Gasteiger partial charge on any atom is 0.321 e. The number of nitrogens with zero attached hydrogens (tertiary/aromatic N) is 2. The van der Waals surface area contributed by atoms with E-state index in [1.165, 1.54) is 0 Å². The molecule has 0 saturated carbocycles. The highest BCUT2D eigenvalue weighted by molar-refractivity contribution is 5.80. The van der Waals surface area contributed by atoms with Gasteiger partial charge in [-0.1, -0.05) is 19.0 Å². The van der Waals surface area contributed by atoms with Crippen LogP contribution in [0.1, 0.15) is 59.2 Å². The predicted octanol–water partition coefficient (Wildman–Crippen LogP) is 2.57. The van der Waals surface area contributed by atoms with E-state index >= 15 is 0 Å². The molecule has 0 spiro atoms. The third kappa shape index (κ3) is 2.85. The van der Waals surface area contributed by atoms with Crippen LogP contribution < -0.4 is 0 Å². The fourth-order valence-electron chi connectivity index (χ4n) is 2.01. The van der Waals surface area contributed by atoms with Crippen molar-refractivity contribution >= 4 is 5.97 Å². The van der Waals surface area contributed by atoms with Gasteiger partial charge in [0.15, 0.2) is 0 Å². The second-order valence-corrected chi connectivity index (χ2v) is 5.17. The summed E-state index contributed by atoms with van der Waals surface area (Å²) in [4.78, 5) is 16.3. The second kappa shape index (κ2) is 6.35. The van der Waals surface area contributed by atoms with Crippen LogP contribution in [0.3, 0.4) is 0 Å². The highest BCUT2D eigenvalue weighted by atomic mass is 16.5. The summed E-state index contributed by atoms with van der Waals surface area (Å²) in [7, 11) is 1.62. The van der Waals surface area contributed by atoms with Crippen LogP contribution in [0.25, 0.3) is 0 Å². The number of hydrogen-bond donors (Lipinski definition) is 0. The first kappa shape index (κ1) is 16.6. The zero-order valence-electron chi connectivity index (χ0n) is 13.1. The van der Waals surface area contributed by atoms with Crippen LogP contribution in [0.5, 0.6) is 0 Å². The standard InChI is InChI=1S/C14H24N2O4/c1-7-14(8-2,18-6)10-15-11(20-16-10)13(4,5)12(17)19-9-3/h7-9H2,1-6H3. The topological polar surface area (TPSA) is 74.5 Å². The summed E-state index contributed by atoms with van der Waals surface area (Å²) in [6, 6.07) is 0. The second-order valence-electron chi connectivity index (χ2n) is 5.17. The molecule has 20 heavy (non-hydrogen) atoms. The highest BCUT2D eigenvalue weighted by Crippen LogP contribution is 2.32. The average molecular weight is 284 g/mol. The number of carbonyl (C=O) groups is 1. The minimum Gasteiger partial charge on any atom is -0.465 e. The molecule has 0 unspecified atom stereocenters. The fourth-order valence-corrected chi connectivity index (χ4v) is 2.01. The normalized spacial score (nSPS) is 12.5. The van der Waals surface area contributed by atoms with Gasteiger partial charge in [0, 0.05) is 7.11 Å². The Morgan fingerprint density at radius 1 is 1.25 bits per heavy atom. The van der Waals surface area contributed by atoms with Crippen molar-refractivity contribution in [3.05, 3.63) is 11.7 Å². The molecule has 1 heterocycles. The molecular formula is C14H24N2O4. The zero-order chi connectivity index (χ0) is 15.4. The van der Waals surface area contributed by atoms with Gasteiger partial charge in [-0.15, -0.1) is 0 Å². The van der Waals surface area contributed by atoms with Crippen molar-refractivity contribution in [1.82, 2.24) is 10.1 Å². The summed E-state index contributed by atoms with van der Waals surface area (Å²) in [5.41, 5.74) is -1.55. The minimum atomic E-state index is -0.970. The smallest absolute Gasteiger partial charge is 0.321 e. The van der Waals surface area contributed by atoms with Gasteiger partial charge in [-0.05, 0) is 33.6 Å². The maximum atomic E-state index is 12.0. The van der Waals surface area contributed by atoms with E-state index in [1.54, 1.807) is 27.9 Å². The van der Waals surface area contributed by atoms with Crippen LogP contribution in [-0.2, 0) is 25.3 Å². The van der Waals surface area contributed by atoms with Gasteiger partial charge in [-0.2, -0.15) is 4.98 Å². The molecule has 0 radical (unpaired) electrons. The van der Waals surface area contributed by atoms with Gasteiger partial charge in [0.05, 0.1) is 6.61 Å². The first-order chi connectivity index (χ1) is 9.37. The lowest BCUT2D eigenvalue weighted by Gasteiger charge is -2.26. The van der Waals surface area contributed by atoms with E-state index < -0.39 is 11.0 Å². The summed E-state index contributed by atoms with van der Waals surface area (Å²) in [5, 5.41) is 3.99. The van der Waals surface area contributed by atoms with Gasteiger partial charge in [-0.25, -0.2) is 0 Å². The summed E-state index contributed by atoms with van der Waals surface area (Å²) in [6.45, 7) is 9.48. The van der Waals surface area contributed by atoms with E-state index in [0.717, 1.165) is 12.8 Å². The van der Waals surface area contributed by atoms with E-state index in [9.17, 15) is 4.79 Å². The van der Waals surface area contributed by atoms with Crippen LogP contribution in [0.4, 0.5) is 0 Å². The van der Waals surface area contributed by atoms with Gasteiger partial charge in [-0.3, -0.25) is 4.79 Å². The predicted molar refractivity (Wildman–Crippen MR) is 73.2 cm³/mol. The third-order valence-electron chi connectivity index (χ3n) is 3.69. The lowest BCUT2D eigenvalue weighted by atomic mass is 9.93. The van der Waals surface area contributed by atoms with E-state index in [2.05, 4.69) is 10.1 Å². The number of carbonyl (C=O) groups excluding carboxylic acids is 1. The Morgan fingerprint density at radius 2 is 1.85 bits per heavy atom. The number of ether oxygens (including phenoxy) is 2. The lowest BCUT2D eigenvalue weighted by Crippen LogP contribution is -2.32. The van der Waals surface area contributed by atoms with Gasteiger partial charge in [0.25, 0.3) is 0 Å². The Bertz CT molecular complexity index is 442. The summed E-state index contributed by atoms with van der Waals surface area (Å²) >= 11 is 0. The Kier molecular flexibility index (Phi) is 5.28. The van der Waals surface area contributed by atoms with Crippen molar-refractivity contribution in [2.75, 3.05) is 13.7 Å². The highest BCUT2D eigenvalue weighted by Gasteiger charge is 2.40. The van der Waals surface area contributed by atoms with Crippen LogP contribution in [0, 0.1) is 0 Å². The molecule has 1 aromatic rings. The quantitative estimate of drug-likeness (QED) is 0.716. The summed E-state index contributed by atoms with van der Waals surface area (Å²) < 4.78 is 15.9. The fraction of sp³-hybridized carbons (Fsp3) is 0.786. The van der Waals surface area contributed by atoms with Crippen molar-refractivity contribution in [1.29, 1.82) is 0 Å². The molecule has 0 bridgehead atoms. The van der Waals surface area contributed by atoms with Gasteiger partial charge >= 0.3 is 5.97 Å². The Balaban J connectivity index is 3.11. The molecule has 0 aromatic carbocycles. The molecule has 0 aliphatic rings. The number of rotatable bonds is 7. The number of aromatic nitrogens is 2. The molecular weight excluding hydrogens is 260 g/mol. The minimum absolute atomic E-state index is 0.245. The average Bonchev–Trinajstić information content (AvgIpc) is 2.93. The van der Waals surface area contributed by atoms with Crippen molar-refractivity contribution < 1.29 is 18.8 Å². The molecule has 6 heteroatoms. The summed E-state index contributed by atoms with van der Waals surface area (Å²) in [6.07, 6.45) is 1.44. The molecule has 0 fully saturated rings. The first-order valence-electron chi connectivity index (χ1n) is 6.95. The largest absolute Gasteiger partial charge is 0.465 e. The molecule has 0 saturated heterocycles.